The summed E-state index contributed by atoms with van der Waals surface area (Å²) in [6, 6.07) is 13.8. The Morgan fingerprint density at radius 3 is 2.79 bits per heavy atom. The van der Waals surface area contributed by atoms with Crippen molar-refractivity contribution >= 4 is 16.8 Å². The normalized spacial score (nSPS) is 16.5. The Labute approximate surface area is 140 Å². The molecule has 2 aromatic heterocycles. The van der Waals surface area contributed by atoms with Crippen LogP contribution in [0.25, 0.3) is 10.9 Å². The third-order valence-corrected chi connectivity index (χ3v) is 4.68. The number of fused-ring (bicyclic) bond motifs is 1. The van der Waals surface area contributed by atoms with Gasteiger partial charge in [0.25, 0.3) is 5.91 Å². The minimum Gasteiger partial charge on any atom is -0.468 e. The first kappa shape index (κ1) is 15.0. The first-order chi connectivity index (χ1) is 11.8. The molecule has 3 heterocycles. The SMILES string of the molecule is O=C(NCC(c1ccco1)N1CCCC1)c1cc2ccccc2[nH]1. The average molecular weight is 323 g/mol. The van der Waals surface area contributed by atoms with Crippen LogP contribution in [0, 0.1) is 0 Å². The molecule has 24 heavy (non-hydrogen) atoms. The quantitative estimate of drug-likeness (QED) is 0.757. The van der Waals surface area contributed by atoms with E-state index in [1.165, 1.54) is 12.8 Å². The largest absolute Gasteiger partial charge is 0.468 e. The predicted octanol–water partition coefficient (Wildman–Crippen LogP) is 3.33. The van der Waals surface area contributed by atoms with Crippen molar-refractivity contribution in [2.75, 3.05) is 19.6 Å². The van der Waals surface area contributed by atoms with Gasteiger partial charge in [0.05, 0.1) is 12.3 Å². The van der Waals surface area contributed by atoms with Crippen molar-refractivity contribution < 1.29 is 9.21 Å². The standard InChI is InChI=1S/C19H21N3O2/c23-19(16-12-14-6-1-2-7-15(14)21-16)20-13-17(18-8-5-11-24-18)22-9-3-4-10-22/h1-2,5-8,11-12,17,21H,3-4,9-10,13H2,(H,20,23). The minimum absolute atomic E-state index is 0.0815. The number of carbonyl (C=O) groups is 1. The van der Waals surface area contributed by atoms with Crippen molar-refractivity contribution in [3.05, 3.63) is 60.2 Å². The van der Waals surface area contributed by atoms with Crippen LogP contribution >= 0.6 is 0 Å². The number of hydrogen-bond acceptors (Lipinski definition) is 3. The van der Waals surface area contributed by atoms with Crippen molar-refractivity contribution in [2.45, 2.75) is 18.9 Å². The number of carbonyl (C=O) groups excluding carboxylic acids is 1. The van der Waals surface area contributed by atoms with Crippen molar-refractivity contribution in [2.24, 2.45) is 0 Å². The summed E-state index contributed by atoms with van der Waals surface area (Å²) in [5, 5.41) is 4.10. The van der Waals surface area contributed by atoms with Crippen LogP contribution in [0.5, 0.6) is 0 Å². The summed E-state index contributed by atoms with van der Waals surface area (Å²) in [7, 11) is 0. The number of nitrogens with zero attached hydrogens (tertiary/aromatic N) is 1. The molecule has 0 saturated carbocycles. The van der Waals surface area contributed by atoms with Crippen LogP contribution in [0.15, 0.2) is 53.1 Å². The molecule has 2 N–H and O–H groups in total. The molecule has 4 rings (SSSR count). The highest BCUT2D eigenvalue weighted by Crippen LogP contribution is 2.25. The Hall–Kier alpha value is -2.53. The van der Waals surface area contributed by atoms with E-state index in [4.69, 9.17) is 4.42 Å². The molecular weight excluding hydrogens is 302 g/mol. The summed E-state index contributed by atoms with van der Waals surface area (Å²) in [6.07, 6.45) is 4.10. The third kappa shape index (κ3) is 2.95. The van der Waals surface area contributed by atoms with Crippen LogP contribution in [0.3, 0.4) is 0 Å². The van der Waals surface area contributed by atoms with Gasteiger partial charge in [0, 0.05) is 17.4 Å². The summed E-state index contributed by atoms with van der Waals surface area (Å²) >= 11 is 0. The molecule has 1 atom stereocenters. The topological polar surface area (TPSA) is 61.3 Å². The van der Waals surface area contributed by atoms with Gasteiger partial charge >= 0.3 is 0 Å². The average Bonchev–Trinajstić information content (AvgIpc) is 3.35. The number of amides is 1. The van der Waals surface area contributed by atoms with E-state index in [1.54, 1.807) is 6.26 Å². The van der Waals surface area contributed by atoms with Crippen LogP contribution in [0.4, 0.5) is 0 Å². The molecule has 0 spiro atoms. The molecule has 1 aromatic carbocycles. The van der Waals surface area contributed by atoms with Gasteiger partial charge in [-0.3, -0.25) is 9.69 Å². The van der Waals surface area contributed by atoms with Crippen LogP contribution in [-0.4, -0.2) is 35.4 Å². The molecule has 1 unspecified atom stereocenters. The first-order valence-corrected chi connectivity index (χ1v) is 8.45. The maximum atomic E-state index is 12.5. The van der Waals surface area contributed by atoms with Crippen molar-refractivity contribution in [3.63, 3.8) is 0 Å². The lowest BCUT2D eigenvalue weighted by atomic mass is 10.2. The molecule has 0 aliphatic carbocycles. The van der Waals surface area contributed by atoms with E-state index in [9.17, 15) is 4.79 Å². The number of likely N-dealkylation sites (tertiary alicyclic amines) is 1. The van der Waals surface area contributed by atoms with E-state index < -0.39 is 0 Å². The second-order valence-corrected chi connectivity index (χ2v) is 6.25. The van der Waals surface area contributed by atoms with Gasteiger partial charge in [-0.1, -0.05) is 18.2 Å². The molecule has 0 bridgehead atoms. The molecule has 0 radical (unpaired) electrons. The molecule has 3 aromatic rings. The van der Waals surface area contributed by atoms with Gasteiger partial charge in [0.2, 0.25) is 0 Å². The highest BCUT2D eigenvalue weighted by molar-refractivity contribution is 5.97. The Morgan fingerprint density at radius 1 is 1.21 bits per heavy atom. The number of benzene rings is 1. The fraction of sp³-hybridized carbons (Fsp3) is 0.316. The zero-order valence-corrected chi connectivity index (χ0v) is 13.5. The second kappa shape index (κ2) is 6.53. The number of hydrogen-bond donors (Lipinski definition) is 2. The van der Waals surface area contributed by atoms with Crippen molar-refractivity contribution in [1.82, 2.24) is 15.2 Å². The minimum atomic E-state index is -0.0815. The molecule has 1 saturated heterocycles. The monoisotopic (exact) mass is 323 g/mol. The number of H-pyrrole nitrogens is 1. The van der Waals surface area contributed by atoms with Crippen LogP contribution in [-0.2, 0) is 0 Å². The van der Waals surface area contributed by atoms with Crippen LogP contribution in [0.2, 0.25) is 0 Å². The Bertz CT molecular complexity index is 783. The predicted molar refractivity (Wildman–Crippen MR) is 92.9 cm³/mol. The van der Waals surface area contributed by atoms with E-state index in [1.807, 2.05) is 42.5 Å². The van der Waals surface area contributed by atoms with E-state index in [2.05, 4.69) is 15.2 Å². The van der Waals surface area contributed by atoms with Gasteiger partial charge in [-0.05, 0) is 50.2 Å². The fourth-order valence-electron chi connectivity index (χ4n) is 3.42. The van der Waals surface area contributed by atoms with Gasteiger partial charge in [-0.15, -0.1) is 0 Å². The van der Waals surface area contributed by atoms with Gasteiger partial charge < -0.3 is 14.7 Å². The maximum absolute atomic E-state index is 12.5. The summed E-state index contributed by atoms with van der Waals surface area (Å²) < 4.78 is 5.59. The second-order valence-electron chi connectivity index (χ2n) is 6.25. The summed E-state index contributed by atoms with van der Waals surface area (Å²) in [5.74, 6) is 0.829. The number of aromatic amines is 1. The van der Waals surface area contributed by atoms with Gasteiger partial charge in [0.15, 0.2) is 0 Å². The Kier molecular flexibility index (Phi) is 4.09. The maximum Gasteiger partial charge on any atom is 0.267 e. The number of rotatable bonds is 5. The molecule has 1 aliphatic rings. The van der Waals surface area contributed by atoms with Gasteiger partial charge in [-0.25, -0.2) is 0 Å². The molecule has 1 aliphatic heterocycles. The van der Waals surface area contributed by atoms with E-state index >= 15 is 0 Å². The molecule has 5 nitrogen and oxygen atoms in total. The van der Waals surface area contributed by atoms with Crippen molar-refractivity contribution in [3.8, 4) is 0 Å². The molecular formula is C19H21N3O2. The van der Waals surface area contributed by atoms with Crippen LogP contribution in [0.1, 0.15) is 35.1 Å². The number of furan rings is 1. The number of aromatic nitrogens is 1. The third-order valence-electron chi connectivity index (χ3n) is 4.68. The summed E-state index contributed by atoms with van der Waals surface area (Å²) in [6.45, 7) is 2.64. The summed E-state index contributed by atoms with van der Waals surface area (Å²) in [5.41, 5.74) is 1.57. The lowest BCUT2D eigenvalue weighted by Gasteiger charge is -2.25. The molecule has 124 valence electrons. The zero-order chi connectivity index (χ0) is 16.4. The highest BCUT2D eigenvalue weighted by atomic mass is 16.3. The smallest absolute Gasteiger partial charge is 0.267 e. The van der Waals surface area contributed by atoms with E-state index in [0.717, 1.165) is 29.8 Å². The van der Waals surface area contributed by atoms with Gasteiger partial charge in [-0.2, -0.15) is 0 Å². The van der Waals surface area contributed by atoms with E-state index in [0.29, 0.717) is 12.2 Å². The first-order valence-electron chi connectivity index (χ1n) is 8.45. The van der Waals surface area contributed by atoms with E-state index in [-0.39, 0.29) is 11.9 Å². The highest BCUT2D eigenvalue weighted by Gasteiger charge is 2.26. The lowest BCUT2D eigenvalue weighted by molar-refractivity contribution is 0.0929. The lowest BCUT2D eigenvalue weighted by Crippen LogP contribution is -2.36. The van der Waals surface area contributed by atoms with Gasteiger partial charge in [0.1, 0.15) is 11.5 Å². The Morgan fingerprint density at radius 2 is 2.04 bits per heavy atom. The number of nitrogens with one attached hydrogen (secondary N) is 2. The van der Waals surface area contributed by atoms with Crippen molar-refractivity contribution in [1.29, 1.82) is 0 Å². The molecule has 1 fully saturated rings. The number of para-hydroxylation sites is 1. The Balaban J connectivity index is 1.48. The van der Waals surface area contributed by atoms with Crippen LogP contribution < -0.4 is 5.32 Å². The fourth-order valence-corrected chi connectivity index (χ4v) is 3.42. The zero-order valence-electron chi connectivity index (χ0n) is 13.5. The molecule has 1 amide bonds. The summed E-state index contributed by atoms with van der Waals surface area (Å²) in [4.78, 5) is 18.1. The molecule has 5 heteroatoms.